The zero-order valence-electron chi connectivity index (χ0n) is 12.5. The number of carbonyl (C=O) groups is 1. The lowest BCUT2D eigenvalue weighted by Crippen LogP contribution is -2.23. The van der Waals surface area contributed by atoms with E-state index in [1.165, 1.54) is 11.3 Å². The van der Waals surface area contributed by atoms with Crippen molar-refractivity contribution in [3.63, 3.8) is 0 Å². The zero-order chi connectivity index (χ0) is 16.1. The van der Waals surface area contributed by atoms with E-state index in [0.29, 0.717) is 18.0 Å². The summed E-state index contributed by atoms with van der Waals surface area (Å²) in [6, 6.07) is 11.8. The van der Waals surface area contributed by atoms with E-state index < -0.39 is 0 Å². The second-order valence-electron chi connectivity index (χ2n) is 5.04. The van der Waals surface area contributed by atoms with Crippen LogP contribution in [0.1, 0.15) is 22.5 Å². The van der Waals surface area contributed by atoms with Crippen molar-refractivity contribution in [3.05, 3.63) is 41.3 Å². The van der Waals surface area contributed by atoms with Gasteiger partial charge in [0.15, 0.2) is 5.13 Å². The number of hydrogen-bond donors (Lipinski definition) is 3. The molecular weight excluding hydrogens is 328 g/mol. The summed E-state index contributed by atoms with van der Waals surface area (Å²) >= 11 is 2.98. The molecular formula is C16H18N4OS2. The first kappa shape index (κ1) is 15.9. The molecule has 2 aromatic heterocycles. The first-order valence-corrected chi connectivity index (χ1v) is 9.10. The quantitative estimate of drug-likeness (QED) is 0.571. The van der Waals surface area contributed by atoms with Gasteiger partial charge in [0.05, 0.1) is 9.58 Å². The lowest BCUT2D eigenvalue weighted by Gasteiger charge is -2.02. The number of benzene rings is 1. The van der Waals surface area contributed by atoms with Crippen molar-refractivity contribution in [1.82, 2.24) is 10.3 Å². The van der Waals surface area contributed by atoms with Gasteiger partial charge in [-0.1, -0.05) is 29.5 Å². The predicted octanol–water partition coefficient (Wildman–Crippen LogP) is 3.57. The highest BCUT2D eigenvalue weighted by molar-refractivity contribution is 7.29. The minimum absolute atomic E-state index is 0.0326. The number of nitrogens with one attached hydrogen (secondary N) is 2. The monoisotopic (exact) mass is 346 g/mol. The normalized spacial score (nSPS) is 10.8. The number of nitrogens with two attached hydrogens (primary N) is 1. The lowest BCUT2D eigenvalue weighted by molar-refractivity contribution is 0.0957. The summed E-state index contributed by atoms with van der Waals surface area (Å²) in [5, 5.41) is 7.03. The van der Waals surface area contributed by atoms with Crippen molar-refractivity contribution in [3.8, 4) is 0 Å². The Balaban J connectivity index is 1.64. The highest BCUT2D eigenvalue weighted by Crippen LogP contribution is 2.34. The molecule has 0 atom stereocenters. The zero-order valence-corrected chi connectivity index (χ0v) is 14.2. The van der Waals surface area contributed by atoms with Gasteiger partial charge in [0, 0.05) is 12.2 Å². The molecule has 3 rings (SSSR count). The maximum absolute atomic E-state index is 12.1. The van der Waals surface area contributed by atoms with Crippen LogP contribution in [0.15, 0.2) is 36.4 Å². The summed E-state index contributed by atoms with van der Waals surface area (Å²) in [5.41, 5.74) is 6.45. The van der Waals surface area contributed by atoms with Crippen molar-refractivity contribution >= 4 is 48.9 Å². The number of unbranched alkanes of at least 4 members (excludes halogenated alkanes) is 1. The summed E-state index contributed by atoms with van der Waals surface area (Å²) in [5.74, 6) is -0.0326. The highest BCUT2D eigenvalue weighted by atomic mass is 32.1. The molecule has 0 spiro atoms. The van der Waals surface area contributed by atoms with Crippen LogP contribution in [-0.2, 0) is 0 Å². The van der Waals surface area contributed by atoms with Gasteiger partial charge in [-0.3, -0.25) is 4.79 Å². The minimum Gasteiger partial charge on any atom is -0.351 e. The molecule has 0 aliphatic heterocycles. The second-order valence-corrected chi connectivity index (χ2v) is 7.10. The molecule has 0 unspecified atom stereocenters. The molecule has 120 valence electrons. The number of anilines is 2. The molecule has 5 nitrogen and oxygen atoms in total. The largest absolute Gasteiger partial charge is 0.351 e. The summed E-state index contributed by atoms with van der Waals surface area (Å²) < 4.78 is 1.03. The Morgan fingerprint density at radius 2 is 2.00 bits per heavy atom. The molecule has 0 aliphatic carbocycles. The van der Waals surface area contributed by atoms with Crippen LogP contribution in [-0.4, -0.2) is 24.0 Å². The average Bonchev–Trinajstić information content (AvgIpc) is 3.11. The number of carbonyl (C=O) groups excluding carboxylic acids is 1. The number of hydrogen-bond acceptors (Lipinski definition) is 6. The van der Waals surface area contributed by atoms with Crippen LogP contribution >= 0.6 is 22.7 Å². The van der Waals surface area contributed by atoms with E-state index in [0.717, 1.165) is 33.2 Å². The van der Waals surface area contributed by atoms with Crippen molar-refractivity contribution in [2.75, 3.05) is 18.4 Å². The number of fused-ring (bicyclic) bond motifs is 1. The molecule has 1 amide bonds. The average molecular weight is 346 g/mol. The molecule has 1 aromatic carbocycles. The maximum atomic E-state index is 12.1. The Morgan fingerprint density at radius 3 is 2.74 bits per heavy atom. The van der Waals surface area contributed by atoms with Crippen molar-refractivity contribution in [2.24, 2.45) is 5.73 Å². The minimum atomic E-state index is -0.0326. The Kier molecular flexibility index (Phi) is 5.22. The van der Waals surface area contributed by atoms with E-state index >= 15 is 0 Å². The van der Waals surface area contributed by atoms with Crippen LogP contribution in [0.3, 0.4) is 0 Å². The van der Waals surface area contributed by atoms with Gasteiger partial charge in [-0.15, -0.1) is 11.3 Å². The second kappa shape index (κ2) is 7.54. The van der Waals surface area contributed by atoms with Crippen molar-refractivity contribution in [2.45, 2.75) is 12.8 Å². The van der Waals surface area contributed by atoms with Gasteiger partial charge in [0.25, 0.3) is 5.91 Å². The number of rotatable bonds is 7. The first-order valence-electron chi connectivity index (χ1n) is 7.47. The standard InChI is InChI=1S/C16H18N4OS2/c17-8-4-5-9-18-14(21)12-10-13-15(22-12)20-16(23-13)19-11-6-2-1-3-7-11/h1-3,6-7,10H,4-5,8-9,17H2,(H,18,21)(H,19,20). The number of thiazole rings is 1. The maximum Gasteiger partial charge on any atom is 0.261 e. The Morgan fingerprint density at radius 1 is 1.17 bits per heavy atom. The van der Waals surface area contributed by atoms with E-state index in [1.54, 1.807) is 11.3 Å². The van der Waals surface area contributed by atoms with E-state index in [4.69, 9.17) is 5.73 Å². The van der Waals surface area contributed by atoms with Crippen LogP contribution in [0.4, 0.5) is 10.8 Å². The van der Waals surface area contributed by atoms with Crippen molar-refractivity contribution in [1.29, 1.82) is 0 Å². The van der Waals surface area contributed by atoms with Crippen LogP contribution in [0, 0.1) is 0 Å². The van der Waals surface area contributed by atoms with Crippen LogP contribution in [0.2, 0.25) is 0 Å². The smallest absolute Gasteiger partial charge is 0.261 e. The van der Waals surface area contributed by atoms with Gasteiger partial charge < -0.3 is 16.4 Å². The third-order valence-corrected chi connectivity index (χ3v) is 5.33. The molecule has 7 heteroatoms. The molecule has 4 N–H and O–H groups in total. The summed E-state index contributed by atoms with van der Waals surface area (Å²) in [4.78, 5) is 18.2. The lowest BCUT2D eigenvalue weighted by atomic mass is 10.3. The van der Waals surface area contributed by atoms with E-state index in [1.807, 2.05) is 36.4 Å². The fourth-order valence-corrected chi connectivity index (χ4v) is 4.16. The molecule has 2 heterocycles. The van der Waals surface area contributed by atoms with Gasteiger partial charge in [-0.25, -0.2) is 4.98 Å². The van der Waals surface area contributed by atoms with Gasteiger partial charge in [-0.05, 0) is 37.6 Å². The molecule has 0 aliphatic rings. The molecule has 0 radical (unpaired) electrons. The molecule has 0 bridgehead atoms. The predicted molar refractivity (Wildman–Crippen MR) is 97.8 cm³/mol. The Labute approximate surface area is 142 Å². The molecule has 0 fully saturated rings. The third kappa shape index (κ3) is 4.07. The summed E-state index contributed by atoms with van der Waals surface area (Å²) in [7, 11) is 0. The molecule has 0 saturated carbocycles. The fraction of sp³-hybridized carbons (Fsp3) is 0.250. The molecule has 23 heavy (non-hydrogen) atoms. The van der Waals surface area contributed by atoms with Crippen LogP contribution in [0.25, 0.3) is 9.53 Å². The van der Waals surface area contributed by atoms with Crippen molar-refractivity contribution < 1.29 is 4.79 Å². The fourth-order valence-electron chi connectivity index (χ4n) is 2.10. The SMILES string of the molecule is NCCCCNC(=O)c1cc2sc(Nc3ccccc3)nc2s1. The summed E-state index contributed by atoms with van der Waals surface area (Å²) in [6.07, 6.45) is 1.83. The highest BCUT2D eigenvalue weighted by Gasteiger charge is 2.13. The number of amides is 1. The van der Waals surface area contributed by atoms with Gasteiger partial charge >= 0.3 is 0 Å². The van der Waals surface area contributed by atoms with E-state index in [-0.39, 0.29) is 5.91 Å². The summed E-state index contributed by atoms with van der Waals surface area (Å²) in [6.45, 7) is 1.32. The first-order chi connectivity index (χ1) is 11.3. The molecule has 0 saturated heterocycles. The Hall–Kier alpha value is -1.96. The van der Waals surface area contributed by atoms with Crippen LogP contribution in [0.5, 0.6) is 0 Å². The van der Waals surface area contributed by atoms with E-state index in [2.05, 4.69) is 15.6 Å². The van der Waals surface area contributed by atoms with Gasteiger partial charge in [0.1, 0.15) is 4.83 Å². The number of para-hydroxylation sites is 1. The number of aromatic nitrogens is 1. The van der Waals surface area contributed by atoms with Gasteiger partial charge in [-0.2, -0.15) is 0 Å². The number of thiophene rings is 1. The Bertz CT molecular complexity index is 750. The van der Waals surface area contributed by atoms with E-state index in [9.17, 15) is 4.79 Å². The van der Waals surface area contributed by atoms with Gasteiger partial charge in [0.2, 0.25) is 0 Å². The number of nitrogens with zero attached hydrogens (tertiary/aromatic N) is 1. The third-order valence-electron chi connectivity index (χ3n) is 3.25. The topological polar surface area (TPSA) is 80.0 Å². The molecule has 3 aromatic rings. The van der Waals surface area contributed by atoms with Crippen LogP contribution < -0.4 is 16.4 Å².